The standard InChI is InChI=1S/C13H20N2O3S/c1-10-7-12(4-3-11(10)8-14)19(17,18)15-6-5-13(2,16)9-15/h3-4,7,16H,5-6,8-9,14H2,1-2H3. The van der Waals surface area contributed by atoms with Crippen LogP contribution < -0.4 is 5.73 Å². The van der Waals surface area contributed by atoms with Crippen LogP contribution in [0.5, 0.6) is 0 Å². The Morgan fingerprint density at radius 1 is 1.47 bits per heavy atom. The van der Waals surface area contributed by atoms with Crippen molar-refractivity contribution in [1.29, 1.82) is 0 Å². The topological polar surface area (TPSA) is 83.6 Å². The molecule has 0 aromatic heterocycles. The monoisotopic (exact) mass is 284 g/mol. The van der Waals surface area contributed by atoms with E-state index in [1.54, 1.807) is 25.1 Å². The molecule has 0 amide bonds. The molecule has 0 radical (unpaired) electrons. The third-order valence-electron chi connectivity index (χ3n) is 3.59. The van der Waals surface area contributed by atoms with Crippen LogP contribution in [0.3, 0.4) is 0 Å². The second-order valence-electron chi connectivity index (χ2n) is 5.38. The molecule has 106 valence electrons. The van der Waals surface area contributed by atoms with Crippen LogP contribution in [0.15, 0.2) is 23.1 Å². The minimum absolute atomic E-state index is 0.146. The molecule has 0 saturated carbocycles. The van der Waals surface area contributed by atoms with E-state index < -0.39 is 15.6 Å². The van der Waals surface area contributed by atoms with Crippen LogP contribution >= 0.6 is 0 Å². The largest absolute Gasteiger partial charge is 0.389 e. The predicted octanol–water partition coefficient (Wildman–Crippen LogP) is 0.599. The van der Waals surface area contributed by atoms with Gasteiger partial charge in [-0.2, -0.15) is 4.31 Å². The van der Waals surface area contributed by atoms with Crippen LogP contribution in [0.4, 0.5) is 0 Å². The van der Waals surface area contributed by atoms with E-state index >= 15 is 0 Å². The lowest BCUT2D eigenvalue weighted by molar-refractivity contribution is 0.0762. The van der Waals surface area contributed by atoms with Gasteiger partial charge in [0.2, 0.25) is 10.0 Å². The zero-order valence-corrected chi connectivity index (χ0v) is 12.1. The lowest BCUT2D eigenvalue weighted by Gasteiger charge is -2.19. The first-order valence-corrected chi connectivity index (χ1v) is 7.72. The van der Waals surface area contributed by atoms with Crippen molar-refractivity contribution in [3.05, 3.63) is 29.3 Å². The molecule has 5 nitrogen and oxygen atoms in total. The van der Waals surface area contributed by atoms with Crippen molar-refractivity contribution < 1.29 is 13.5 Å². The van der Waals surface area contributed by atoms with Crippen LogP contribution in [-0.2, 0) is 16.6 Å². The first-order chi connectivity index (χ1) is 8.76. The number of sulfonamides is 1. The molecule has 1 saturated heterocycles. The highest BCUT2D eigenvalue weighted by molar-refractivity contribution is 7.89. The molecule has 1 aliphatic rings. The molecule has 2 rings (SSSR count). The van der Waals surface area contributed by atoms with Crippen molar-refractivity contribution >= 4 is 10.0 Å². The fraction of sp³-hybridized carbons (Fsp3) is 0.538. The van der Waals surface area contributed by atoms with Gasteiger partial charge in [0.25, 0.3) is 0 Å². The number of aliphatic hydroxyl groups is 1. The maximum absolute atomic E-state index is 12.5. The number of β-amino-alcohol motifs (C(OH)–C–C–N with tert-alkyl or cyclic N) is 1. The van der Waals surface area contributed by atoms with Crippen LogP contribution in [0.25, 0.3) is 0 Å². The summed E-state index contributed by atoms with van der Waals surface area (Å²) in [5, 5.41) is 9.89. The van der Waals surface area contributed by atoms with Crippen molar-refractivity contribution in [3.8, 4) is 0 Å². The van der Waals surface area contributed by atoms with Gasteiger partial charge in [-0.3, -0.25) is 0 Å². The summed E-state index contributed by atoms with van der Waals surface area (Å²) in [6.07, 6.45) is 0.464. The highest BCUT2D eigenvalue weighted by atomic mass is 32.2. The van der Waals surface area contributed by atoms with E-state index in [-0.39, 0.29) is 11.4 Å². The number of aryl methyl sites for hydroxylation is 1. The Morgan fingerprint density at radius 2 is 2.16 bits per heavy atom. The first kappa shape index (κ1) is 14.5. The third kappa shape index (κ3) is 2.81. The van der Waals surface area contributed by atoms with Crippen molar-refractivity contribution in [3.63, 3.8) is 0 Å². The van der Waals surface area contributed by atoms with Crippen LogP contribution in [0, 0.1) is 6.92 Å². The highest BCUT2D eigenvalue weighted by Gasteiger charge is 2.38. The lowest BCUT2D eigenvalue weighted by atomic mass is 10.1. The zero-order chi connectivity index (χ0) is 14.3. The molecule has 1 unspecified atom stereocenters. The lowest BCUT2D eigenvalue weighted by Crippen LogP contribution is -2.34. The van der Waals surface area contributed by atoms with E-state index in [4.69, 9.17) is 5.73 Å². The number of nitrogens with two attached hydrogens (primary N) is 1. The Bertz CT molecular complexity index is 582. The Morgan fingerprint density at radius 3 is 2.63 bits per heavy atom. The number of hydrogen-bond donors (Lipinski definition) is 2. The smallest absolute Gasteiger partial charge is 0.243 e. The molecule has 1 aromatic carbocycles. The molecule has 1 fully saturated rings. The van der Waals surface area contributed by atoms with Gasteiger partial charge in [-0.1, -0.05) is 6.07 Å². The summed E-state index contributed by atoms with van der Waals surface area (Å²) in [6, 6.07) is 4.97. The molecule has 19 heavy (non-hydrogen) atoms. The molecule has 6 heteroatoms. The Balaban J connectivity index is 2.33. The minimum atomic E-state index is -3.52. The van der Waals surface area contributed by atoms with Crippen LogP contribution in [0.1, 0.15) is 24.5 Å². The van der Waals surface area contributed by atoms with Gasteiger partial charge in [-0.15, -0.1) is 0 Å². The van der Waals surface area contributed by atoms with Gasteiger partial charge in [0.15, 0.2) is 0 Å². The van der Waals surface area contributed by atoms with Gasteiger partial charge >= 0.3 is 0 Å². The number of benzene rings is 1. The summed E-state index contributed by atoms with van der Waals surface area (Å²) < 4.78 is 26.3. The maximum Gasteiger partial charge on any atom is 0.243 e. The predicted molar refractivity (Wildman–Crippen MR) is 73.1 cm³/mol. The van der Waals surface area contributed by atoms with Gasteiger partial charge in [0.1, 0.15) is 0 Å². The van der Waals surface area contributed by atoms with Crippen molar-refractivity contribution in [2.24, 2.45) is 5.73 Å². The van der Waals surface area contributed by atoms with Crippen LogP contribution in [-0.4, -0.2) is 36.5 Å². The van der Waals surface area contributed by atoms with E-state index in [2.05, 4.69) is 0 Å². The second-order valence-corrected chi connectivity index (χ2v) is 7.32. The van der Waals surface area contributed by atoms with Crippen molar-refractivity contribution in [2.45, 2.75) is 37.3 Å². The molecule has 1 atom stereocenters. The van der Waals surface area contributed by atoms with Crippen molar-refractivity contribution in [2.75, 3.05) is 13.1 Å². The van der Waals surface area contributed by atoms with Gasteiger partial charge in [-0.25, -0.2) is 8.42 Å². The third-order valence-corrected chi connectivity index (χ3v) is 5.43. The second kappa shape index (κ2) is 4.86. The first-order valence-electron chi connectivity index (χ1n) is 6.28. The summed E-state index contributed by atoms with van der Waals surface area (Å²) in [5.74, 6) is 0. The molecule has 1 aromatic rings. The molecule has 1 heterocycles. The highest BCUT2D eigenvalue weighted by Crippen LogP contribution is 2.27. The summed E-state index contributed by atoms with van der Waals surface area (Å²) in [6.45, 7) is 4.40. The molecular weight excluding hydrogens is 264 g/mol. The van der Waals surface area contributed by atoms with E-state index in [1.807, 2.05) is 6.92 Å². The molecule has 0 spiro atoms. The zero-order valence-electron chi connectivity index (χ0n) is 11.3. The number of nitrogens with zero attached hydrogens (tertiary/aromatic N) is 1. The fourth-order valence-corrected chi connectivity index (χ4v) is 3.96. The molecular formula is C13H20N2O3S. The van der Waals surface area contributed by atoms with Crippen molar-refractivity contribution in [1.82, 2.24) is 4.31 Å². The Hall–Kier alpha value is -0.950. The molecule has 0 aliphatic carbocycles. The quantitative estimate of drug-likeness (QED) is 0.851. The molecule has 3 N–H and O–H groups in total. The minimum Gasteiger partial charge on any atom is -0.389 e. The van der Waals surface area contributed by atoms with E-state index in [0.29, 0.717) is 19.5 Å². The van der Waals surface area contributed by atoms with E-state index in [0.717, 1.165) is 11.1 Å². The Labute approximate surface area is 114 Å². The van der Waals surface area contributed by atoms with Crippen LogP contribution in [0.2, 0.25) is 0 Å². The van der Waals surface area contributed by atoms with Gasteiger partial charge in [-0.05, 0) is 43.5 Å². The van der Waals surface area contributed by atoms with Gasteiger partial charge in [0, 0.05) is 19.6 Å². The summed E-state index contributed by atoms with van der Waals surface area (Å²) in [4.78, 5) is 0.264. The normalized spacial score (nSPS) is 24.8. The molecule has 1 aliphatic heterocycles. The average molecular weight is 284 g/mol. The van der Waals surface area contributed by atoms with Gasteiger partial charge in [0.05, 0.1) is 10.5 Å². The number of rotatable bonds is 3. The average Bonchev–Trinajstić information content (AvgIpc) is 2.70. The maximum atomic E-state index is 12.5. The summed E-state index contributed by atoms with van der Waals surface area (Å²) in [7, 11) is -3.52. The van der Waals surface area contributed by atoms with Gasteiger partial charge < -0.3 is 10.8 Å². The Kier molecular flexibility index (Phi) is 3.70. The summed E-state index contributed by atoms with van der Waals surface area (Å²) in [5.41, 5.74) is 6.45. The van der Waals surface area contributed by atoms with E-state index in [9.17, 15) is 13.5 Å². The number of hydrogen-bond acceptors (Lipinski definition) is 4. The SMILES string of the molecule is Cc1cc(S(=O)(=O)N2CCC(C)(O)C2)ccc1CN. The summed E-state index contributed by atoms with van der Waals surface area (Å²) >= 11 is 0. The van der Waals surface area contributed by atoms with E-state index in [1.165, 1.54) is 4.31 Å². The molecule has 0 bridgehead atoms. The fourth-order valence-electron chi connectivity index (χ4n) is 2.32.